The first-order valence-electron chi connectivity index (χ1n) is 6.06. The second-order valence-corrected chi connectivity index (χ2v) is 4.98. The molecule has 0 fully saturated rings. The van der Waals surface area contributed by atoms with Gasteiger partial charge < -0.3 is 5.32 Å². The van der Waals surface area contributed by atoms with Gasteiger partial charge in [0, 0.05) is 36.1 Å². The largest absolute Gasteiger partial charge is 0.310 e. The predicted molar refractivity (Wildman–Crippen MR) is 74.4 cm³/mol. The molecule has 1 aromatic carbocycles. The smallest absolute Gasteiger partial charge is 0.160 e. The Labute approximate surface area is 116 Å². The first-order valence-corrected chi connectivity index (χ1v) is 6.44. The van der Waals surface area contributed by atoms with Crippen LogP contribution < -0.4 is 5.32 Å². The summed E-state index contributed by atoms with van der Waals surface area (Å²) in [6.45, 7) is 4.87. The van der Waals surface area contributed by atoms with E-state index in [1.165, 1.54) is 12.1 Å². The van der Waals surface area contributed by atoms with E-state index < -0.39 is 0 Å². The van der Waals surface area contributed by atoms with Crippen LogP contribution in [0.3, 0.4) is 0 Å². The molecule has 0 aliphatic rings. The second-order valence-electron chi connectivity index (χ2n) is 4.57. The van der Waals surface area contributed by atoms with Gasteiger partial charge in [-0.3, -0.25) is 0 Å². The van der Waals surface area contributed by atoms with Gasteiger partial charge in [-0.05, 0) is 18.2 Å². The number of hydrogen-bond acceptors (Lipinski definition) is 3. The highest BCUT2D eigenvalue weighted by Crippen LogP contribution is 2.25. The maximum Gasteiger partial charge on any atom is 0.160 e. The molecule has 2 rings (SSSR count). The predicted octanol–water partition coefficient (Wildman–Crippen LogP) is 3.43. The molecule has 0 saturated carbocycles. The van der Waals surface area contributed by atoms with Crippen LogP contribution in [0.2, 0.25) is 5.02 Å². The highest BCUT2D eigenvalue weighted by atomic mass is 35.5. The molecule has 0 aliphatic heterocycles. The summed E-state index contributed by atoms with van der Waals surface area (Å²) in [4.78, 5) is 8.52. The third-order valence-electron chi connectivity index (χ3n) is 2.59. The van der Waals surface area contributed by atoms with Crippen molar-refractivity contribution in [3.63, 3.8) is 0 Å². The molecule has 3 nitrogen and oxygen atoms in total. The molecule has 0 bridgehead atoms. The molecule has 0 atom stereocenters. The highest BCUT2D eigenvalue weighted by molar-refractivity contribution is 6.33. The zero-order valence-corrected chi connectivity index (χ0v) is 11.6. The van der Waals surface area contributed by atoms with Gasteiger partial charge in [0.1, 0.15) is 5.82 Å². The Morgan fingerprint density at radius 2 is 1.95 bits per heavy atom. The average molecular weight is 280 g/mol. The van der Waals surface area contributed by atoms with Crippen LogP contribution >= 0.6 is 11.6 Å². The van der Waals surface area contributed by atoms with Crippen LogP contribution in [0.1, 0.15) is 19.4 Å². The Hall–Kier alpha value is -1.52. The molecule has 100 valence electrons. The zero-order valence-electron chi connectivity index (χ0n) is 10.8. The van der Waals surface area contributed by atoms with Crippen molar-refractivity contribution in [3.8, 4) is 11.4 Å². The van der Waals surface area contributed by atoms with E-state index in [4.69, 9.17) is 11.6 Å². The molecule has 1 aromatic heterocycles. The molecular weight excluding hydrogens is 265 g/mol. The maximum atomic E-state index is 13.0. The summed E-state index contributed by atoms with van der Waals surface area (Å²) in [5, 5.41) is 3.60. The number of rotatable bonds is 4. The van der Waals surface area contributed by atoms with Crippen molar-refractivity contribution in [2.24, 2.45) is 0 Å². The molecule has 1 heterocycles. The van der Waals surface area contributed by atoms with E-state index in [1.807, 2.05) is 0 Å². The number of nitrogens with one attached hydrogen (secondary N) is 1. The van der Waals surface area contributed by atoms with E-state index in [0.29, 0.717) is 22.5 Å². The van der Waals surface area contributed by atoms with Crippen molar-refractivity contribution in [2.75, 3.05) is 0 Å². The van der Waals surface area contributed by atoms with Crippen LogP contribution in [-0.2, 0) is 6.54 Å². The highest BCUT2D eigenvalue weighted by Gasteiger charge is 2.07. The van der Waals surface area contributed by atoms with E-state index in [-0.39, 0.29) is 5.82 Å². The van der Waals surface area contributed by atoms with Crippen LogP contribution in [-0.4, -0.2) is 16.0 Å². The molecule has 2 aromatic rings. The van der Waals surface area contributed by atoms with Gasteiger partial charge in [0.25, 0.3) is 0 Å². The summed E-state index contributed by atoms with van der Waals surface area (Å²) in [7, 11) is 0. The first-order chi connectivity index (χ1) is 9.06. The number of nitrogens with zero attached hydrogens (tertiary/aromatic N) is 2. The average Bonchev–Trinajstić information content (AvgIpc) is 2.37. The van der Waals surface area contributed by atoms with Crippen molar-refractivity contribution in [3.05, 3.63) is 47.0 Å². The summed E-state index contributed by atoms with van der Waals surface area (Å²) in [6.07, 6.45) is 3.49. The minimum Gasteiger partial charge on any atom is -0.310 e. The minimum absolute atomic E-state index is 0.313. The van der Waals surface area contributed by atoms with Gasteiger partial charge in [-0.1, -0.05) is 25.4 Å². The Bertz CT molecular complexity index is 555. The quantitative estimate of drug-likeness (QED) is 0.932. The zero-order chi connectivity index (χ0) is 13.8. The molecule has 1 N–H and O–H groups in total. The Balaban J connectivity index is 2.18. The van der Waals surface area contributed by atoms with Gasteiger partial charge in [-0.15, -0.1) is 0 Å². The summed E-state index contributed by atoms with van der Waals surface area (Å²) in [6, 6.07) is 4.60. The van der Waals surface area contributed by atoms with Crippen LogP contribution in [0.5, 0.6) is 0 Å². The lowest BCUT2D eigenvalue weighted by Gasteiger charge is -2.08. The van der Waals surface area contributed by atoms with Gasteiger partial charge in [0.15, 0.2) is 5.82 Å². The topological polar surface area (TPSA) is 37.8 Å². The van der Waals surface area contributed by atoms with Crippen LogP contribution in [0, 0.1) is 5.82 Å². The SMILES string of the molecule is CC(C)NCc1cnc(-c2ccc(F)cc2Cl)nc1. The van der Waals surface area contributed by atoms with Crippen molar-refractivity contribution in [1.29, 1.82) is 0 Å². The normalized spacial score (nSPS) is 11.0. The number of hydrogen-bond donors (Lipinski definition) is 1. The van der Waals surface area contributed by atoms with Gasteiger partial charge in [0.2, 0.25) is 0 Å². The third-order valence-corrected chi connectivity index (χ3v) is 2.90. The second kappa shape index (κ2) is 6.08. The summed E-state index contributed by atoms with van der Waals surface area (Å²) >= 11 is 5.97. The van der Waals surface area contributed by atoms with Crippen LogP contribution in [0.4, 0.5) is 4.39 Å². The monoisotopic (exact) mass is 279 g/mol. The minimum atomic E-state index is -0.369. The molecule has 5 heteroatoms. The molecule has 0 radical (unpaired) electrons. The summed E-state index contributed by atoms with van der Waals surface area (Å²) in [5.41, 5.74) is 1.63. The van der Waals surface area contributed by atoms with Crippen LogP contribution in [0.25, 0.3) is 11.4 Å². The number of benzene rings is 1. The standard InChI is InChI=1S/C14H15ClFN3/c1-9(2)17-6-10-7-18-14(19-8-10)12-4-3-11(16)5-13(12)15/h3-5,7-9,17H,6H2,1-2H3. The fourth-order valence-electron chi connectivity index (χ4n) is 1.58. The lowest BCUT2D eigenvalue weighted by molar-refractivity contribution is 0.587. The van der Waals surface area contributed by atoms with E-state index >= 15 is 0 Å². The fraction of sp³-hybridized carbons (Fsp3) is 0.286. The van der Waals surface area contributed by atoms with E-state index in [0.717, 1.165) is 12.1 Å². The van der Waals surface area contributed by atoms with Crippen molar-refractivity contribution in [2.45, 2.75) is 26.4 Å². The van der Waals surface area contributed by atoms with Gasteiger partial charge in [0.05, 0.1) is 5.02 Å². The maximum absolute atomic E-state index is 13.0. The van der Waals surface area contributed by atoms with E-state index in [1.54, 1.807) is 18.5 Å². The molecule has 0 aliphatic carbocycles. The lowest BCUT2D eigenvalue weighted by Crippen LogP contribution is -2.21. The van der Waals surface area contributed by atoms with E-state index in [2.05, 4.69) is 29.1 Å². The van der Waals surface area contributed by atoms with E-state index in [9.17, 15) is 4.39 Å². The Morgan fingerprint density at radius 3 is 2.53 bits per heavy atom. The molecular formula is C14H15ClFN3. The van der Waals surface area contributed by atoms with Gasteiger partial charge in [-0.2, -0.15) is 0 Å². The Kier molecular flexibility index (Phi) is 4.45. The van der Waals surface area contributed by atoms with Gasteiger partial charge in [-0.25, -0.2) is 14.4 Å². The third kappa shape index (κ3) is 3.72. The molecule has 0 spiro atoms. The number of halogens is 2. The van der Waals surface area contributed by atoms with Crippen LogP contribution in [0.15, 0.2) is 30.6 Å². The first kappa shape index (κ1) is 13.9. The van der Waals surface area contributed by atoms with Crippen molar-refractivity contribution in [1.82, 2.24) is 15.3 Å². The number of aromatic nitrogens is 2. The molecule has 0 unspecified atom stereocenters. The lowest BCUT2D eigenvalue weighted by atomic mass is 10.2. The molecule has 19 heavy (non-hydrogen) atoms. The summed E-state index contributed by atoms with van der Waals surface area (Å²) < 4.78 is 13.0. The van der Waals surface area contributed by atoms with Crippen molar-refractivity contribution >= 4 is 11.6 Å². The molecule has 0 amide bonds. The van der Waals surface area contributed by atoms with Gasteiger partial charge >= 0.3 is 0 Å². The van der Waals surface area contributed by atoms with Crippen molar-refractivity contribution < 1.29 is 4.39 Å². The summed E-state index contributed by atoms with van der Waals surface area (Å²) in [5.74, 6) is 0.129. The Morgan fingerprint density at radius 1 is 1.26 bits per heavy atom. The molecule has 0 saturated heterocycles. The fourth-order valence-corrected chi connectivity index (χ4v) is 1.83.